The molecule has 2 rings (SSSR count). The van der Waals surface area contributed by atoms with Crippen LogP contribution in [-0.4, -0.2) is 17.0 Å². The molecule has 0 aliphatic carbocycles. The topological polar surface area (TPSA) is 75.9 Å². The first-order valence-electron chi connectivity index (χ1n) is 5.23. The third kappa shape index (κ3) is 3.00. The van der Waals surface area contributed by atoms with Gasteiger partial charge in [-0.15, -0.1) is 0 Å². The van der Waals surface area contributed by atoms with Crippen molar-refractivity contribution in [3.63, 3.8) is 0 Å². The van der Waals surface area contributed by atoms with Gasteiger partial charge in [-0.25, -0.2) is 8.78 Å². The van der Waals surface area contributed by atoms with Gasteiger partial charge in [-0.3, -0.25) is 0 Å². The Morgan fingerprint density at radius 2 is 1.84 bits per heavy atom. The standard InChI is InChI=1S/C11H10ClF2N5/c1-16-8-4-9(19-11(15)18-8)17-10-6(12)2-5(13)3-7(10)14/h2-4H,1H3,(H4,15,16,17,18,19). The second-order valence-electron chi connectivity index (χ2n) is 3.62. The molecule has 1 aromatic carbocycles. The maximum Gasteiger partial charge on any atom is 0.223 e. The summed E-state index contributed by atoms with van der Waals surface area (Å²) in [6.45, 7) is 0. The molecule has 0 aliphatic heterocycles. The van der Waals surface area contributed by atoms with E-state index in [0.717, 1.165) is 12.1 Å². The van der Waals surface area contributed by atoms with Crippen LogP contribution in [0.3, 0.4) is 0 Å². The van der Waals surface area contributed by atoms with Crippen LogP contribution in [0.5, 0.6) is 0 Å². The summed E-state index contributed by atoms with van der Waals surface area (Å²) in [5.74, 6) is -0.884. The summed E-state index contributed by atoms with van der Waals surface area (Å²) in [5.41, 5.74) is 5.42. The Morgan fingerprint density at radius 1 is 1.16 bits per heavy atom. The van der Waals surface area contributed by atoms with E-state index in [1.165, 1.54) is 6.07 Å². The largest absolute Gasteiger partial charge is 0.373 e. The zero-order valence-corrected chi connectivity index (χ0v) is 10.6. The Balaban J connectivity index is 2.39. The van der Waals surface area contributed by atoms with E-state index < -0.39 is 11.6 Å². The predicted octanol–water partition coefficient (Wildman–Crippen LogP) is 2.78. The molecular weight excluding hydrogens is 276 g/mol. The minimum Gasteiger partial charge on any atom is -0.373 e. The van der Waals surface area contributed by atoms with Crippen LogP contribution in [0.15, 0.2) is 18.2 Å². The van der Waals surface area contributed by atoms with Crippen LogP contribution < -0.4 is 16.4 Å². The summed E-state index contributed by atoms with van der Waals surface area (Å²) in [5, 5.41) is 5.32. The van der Waals surface area contributed by atoms with Crippen LogP contribution in [-0.2, 0) is 0 Å². The highest BCUT2D eigenvalue weighted by molar-refractivity contribution is 6.33. The summed E-state index contributed by atoms with van der Waals surface area (Å²) < 4.78 is 26.5. The van der Waals surface area contributed by atoms with Gasteiger partial charge in [0.25, 0.3) is 0 Å². The molecule has 0 spiro atoms. The first-order chi connectivity index (χ1) is 8.99. The Bertz CT molecular complexity index is 597. The van der Waals surface area contributed by atoms with Gasteiger partial charge in [-0.05, 0) is 6.07 Å². The minimum atomic E-state index is -0.826. The second-order valence-corrected chi connectivity index (χ2v) is 4.02. The van der Waals surface area contributed by atoms with E-state index in [0.29, 0.717) is 5.82 Å². The highest BCUT2D eigenvalue weighted by Gasteiger charge is 2.11. The molecule has 0 fully saturated rings. The molecule has 0 radical (unpaired) electrons. The van der Waals surface area contributed by atoms with E-state index in [-0.39, 0.29) is 22.5 Å². The molecule has 2 aromatic rings. The highest BCUT2D eigenvalue weighted by Crippen LogP contribution is 2.29. The molecule has 5 nitrogen and oxygen atoms in total. The van der Waals surface area contributed by atoms with Crippen molar-refractivity contribution in [2.24, 2.45) is 0 Å². The van der Waals surface area contributed by atoms with E-state index in [1.807, 2.05) is 0 Å². The van der Waals surface area contributed by atoms with Crippen molar-refractivity contribution in [1.29, 1.82) is 0 Å². The van der Waals surface area contributed by atoms with E-state index in [4.69, 9.17) is 17.3 Å². The SMILES string of the molecule is CNc1cc(Nc2c(F)cc(F)cc2Cl)nc(N)n1. The maximum absolute atomic E-state index is 13.6. The first-order valence-corrected chi connectivity index (χ1v) is 5.61. The molecule has 0 aliphatic rings. The van der Waals surface area contributed by atoms with Crippen LogP contribution in [0.1, 0.15) is 0 Å². The quantitative estimate of drug-likeness (QED) is 0.808. The molecule has 0 bridgehead atoms. The van der Waals surface area contributed by atoms with Gasteiger partial charge in [0, 0.05) is 19.2 Å². The molecule has 0 atom stereocenters. The smallest absolute Gasteiger partial charge is 0.223 e. The van der Waals surface area contributed by atoms with Crippen molar-refractivity contribution in [2.75, 3.05) is 23.4 Å². The molecule has 100 valence electrons. The summed E-state index contributed by atoms with van der Waals surface area (Å²) in [6.07, 6.45) is 0. The molecule has 0 unspecified atom stereocenters. The molecular formula is C11H10ClF2N5. The van der Waals surface area contributed by atoms with Crippen molar-refractivity contribution in [3.05, 3.63) is 34.9 Å². The lowest BCUT2D eigenvalue weighted by Crippen LogP contribution is -2.04. The monoisotopic (exact) mass is 285 g/mol. The maximum atomic E-state index is 13.6. The van der Waals surface area contributed by atoms with Crippen molar-refractivity contribution >= 4 is 34.9 Å². The van der Waals surface area contributed by atoms with Crippen LogP contribution in [0, 0.1) is 11.6 Å². The zero-order chi connectivity index (χ0) is 14.0. The number of halogens is 3. The third-order valence-electron chi connectivity index (χ3n) is 2.26. The van der Waals surface area contributed by atoms with Gasteiger partial charge in [-0.1, -0.05) is 11.6 Å². The summed E-state index contributed by atoms with van der Waals surface area (Å²) >= 11 is 5.77. The zero-order valence-electron chi connectivity index (χ0n) is 9.84. The van der Waals surface area contributed by atoms with Crippen LogP contribution >= 0.6 is 11.6 Å². The van der Waals surface area contributed by atoms with Crippen LogP contribution in [0.2, 0.25) is 5.02 Å². The third-order valence-corrected chi connectivity index (χ3v) is 2.56. The number of benzene rings is 1. The van der Waals surface area contributed by atoms with Crippen LogP contribution in [0.25, 0.3) is 0 Å². The van der Waals surface area contributed by atoms with Gasteiger partial charge in [0.05, 0.1) is 10.7 Å². The minimum absolute atomic E-state index is 0.00740. The molecule has 0 amide bonds. The van der Waals surface area contributed by atoms with Crippen molar-refractivity contribution in [3.8, 4) is 0 Å². The van der Waals surface area contributed by atoms with Gasteiger partial charge in [0.2, 0.25) is 5.95 Å². The molecule has 8 heteroatoms. The normalized spacial score (nSPS) is 10.3. The Kier molecular flexibility index (Phi) is 3.66. The van der Waals surface area contributed by atoms with Crippen molar-refractivity contribution in [1.82, 2.24) is 9.97 Å². The number of nitrogens with zero attached hydrogens (tertiary/aromatic N) is 2. The summed E-state index contributed by atoms with van der Waals surface area (Å²) in [4.78, 5) is 7.76. The highest BCUT2D eigenvalue weighted by atomic mass is 35.5. The van der Waals surface area contributed by atoms with Crippen molar-refractivity contribution in [2.45, 2.75) is 0 Å². The fraction of sp³-hybridized carbons (Fsp3) is 0.0909. The number of nitrogens with two attached hydrogens (primary N) is 1. The first kappa shape index (κ1) is 13.3. The fourth-order valence-electron chi connectivity index (χ4n) is 1.45. The molecule has 1 heterocycles. The number of anilines is 4. The molecule has 0 saturated heterocycles. The Labute approximate surface area is 112 Å². The molecule has 4 N–H and O–H groups in total. The number of hydrogen-bond donors (Lipinski definition) is 3. The lowest BCUT2D eigenvalue weighted by molar-refractivity contribution is 0.586. The molecule has 1 aromatic heterocycles. The number of aromatic nitrogens is 2. The average molecular weight is 286 g/mol. The number of rotatable bonds is 3. The molecule has 19 heavy (non-hydrogen) atoms. The Morgan fingerprint density at radius 3 is 2.47 bits per heavy atom. The van der Waals surface area contributed by atoms with Crippen LogP contribution in [0.4, 0.5) is 32.1 Å². The van der Waals surface area contributed by atoms with E-state index >= 15 is 0 Å². The number of nitrogens with one attached hydrogen (secondary N) is 2. The second kappa shape index (κ2) is 5.23. The fourth-order valence-corrected chi connectivity index (χ4v) is 1.69. The number of hydrogen-bond acceptors (Lipinski definition) is 5. The summed E-state index contributed by atoms with van der Waals surface area (Å²) in [6, 6.07) is 3.23. The Hall–Kier alpha value is -2.15. The lowest BCUT2D eigenvalue weighted by atomic mass is 10.3. The van der Waals surface area contributed by atoms with Gasteiger partial charge in [0.15, 0.2) is 5.82 Å². The van der Waals surface area contributed by atoms with Gasteiger partial charge in [-0.2, -0.15) is 9.97 Å². The number of nitrogen functional groups attached to an aromatic ring is 1. The van der Waals surface area contributed by atoms with Gasteiger partial charge in [0.1, 0.15) is 17.5 Å². The van der Waals surface area contributed by atoms with E-state index in [9.17, 15) is 8.78 Å². The average Bonchev–Trinajstić information content (AvgIpc) is 2.33. The van der Waals surface area contributed by atoms with E-state index in [2.05, 4.69) is 20.6 Å². The predicted molar refractivity (Wildman–Crippen MR) is 70.6 cm³/mol. The summed E-state index contributed by atoms with van der Waals surface area (Å²) in [7, 11) is 1.65. The van der Waals surface area contributed by atoms with E-state index in [1.54, 1.807) is 7.05 Å². The van der Waals surface area contributed by atoms with Crippen molar-refractivity contribution < 1.29 is 8.78 Å². The van der Waals surface area contributed by atoms with Gasteiger partial charge < -0.3 is 16.4 Å². The van der Waals surface area contributed by atoms with Gasteiger partial charge >= 0.3 is 0 Å². The molecule has 0 saturated carbocycles. The lowest BCUT2D eigenvalue weighted by Gasteiger charge is -2.10.